The molecule has 0 spiro atoms. The van der Waals surface area contributed by atoms with Crippen LogP contribution in [-0.4, -0.2) is 44.7 Å². The zero-order valence-corrected chi connectivity index (χ0v) is 17.1. The Balaban J connectivity index is 2.13. The van der Waals surface area contributed by atoms with Crippen LogP contribution in [0, 0.1) is 5.92 Å². The first kappa shape index (κ1) is 21.6. The van der Waals surface area contributed by atoms with E-state index in [1.807, 2.05) is 0 Å². The second-order valence-electron chi connectivity index (χ2n) is 6.79. The lowest BCUT2D eigenvalue weighted by atomic mass is 10.0. The molecule has 0 aliphatic rings. The van der Waals surface area contributed by atoms with Crippen molar-refractivity contribution in [1.29, 1.82) is 0 Å². The van der Waals surface area contributed by atoms with Crippen molar-refractivity contribution in [3.8, 4) is 0 Å². The molecule has 2 N–H and O–H groups in total. The molecule has 1 unspecified atom stereocenters. The van der Waals surface area contributed by atoms with Gasteiger partial charge in [0.05, 0.1) is 11.2 Å². The van der Waals surface area contributed by atoms with E-state index in [0.29, 0.717) is 5.56 Å². The van der Waals surface area contributed by atoms with Gasteiger partial charge in [0.15, 0.2) is 5.76 Å². The Labute approximate surface area is 165 Å². The third-order valence-corrected chi connectivity index (χ3v) is 6.08. The topological polar surface area (TPSA) is 109 Å². The lowest BCUT2D eigenvalue weighted by molar-refractivity contribution is -0.124. The Bertz CT molecular complexity index is 921. The predicted octanol–water partition coefficient (Wildman–Crippen LogP) is 1.60. The molecule has 1 heterocycles. The van der Waals surface area contributed by atoms with Crippen LogP contribution < -0.4 is 10.6 Å². The minimum Gasteiger partial charge on any atom is -0.459 e. The standard InChI is InChI=1S/C19H25N3O5S/c1-13(2)17(21-18(23)15-9-7-11-27-15)19(24)20-12-14-8-5-6-10-16(14)28(25,26)22(3)4/h5-11,13,17H,12H2,1-4H3,(H,20,24)(H,21,23). The molecule has 2 rings (SSSR count). The summed E-state index contributed by atoms with van der Waals surface area (Å²) in [5.41, 5.74) is 0.462. The largest absolute Gasteiger partial charge is 0.459 e. The van der Waals surface area contributed by atoms with Gasteiger partial charge >= 0.3 is 0 Å². The lowest BCUT2D eigenvalue weighted by Gasteiger charge is -2.22. The fourth-order valence-corrected chi connectivity index (χ4v) is 3.66. The molecule has 28 heavy (non-hydrogen) atoms. The van der Waals surface area contributed by atoms with E-state index in [1.54, 1.807) is 38.1 Å². The van der Waals surface area contributed by atoms with Crippen LogP contribution in [0.1, 0.15) is 30.0 Å². The fourth-order valence-electron chi connectivity index (χ4n) is 2.55. The smallest absolute Gasteiger partial charge is 0.287 e. The summed E-state index contributed by atoms with van der Waals surface area (Å²) in [7, 11) is -0.745. The number of carbonyl (C=O) groups excluding carboxylic acids is 2. The molecule has 8 nitrogen and oxygen atoms in total. The highest BCUT2D eigenvalue weighted by molar-refractivity contribution is 7.89. The molecule has 0 saturated carbocycles. The van der Waals surface area contributed by atoms with E-state index in [2.05, 4.69) is 10.6 Å². The maximum Gasteiger partial charge on any atom is 0.287 e. The van der Waals surface area contributed by atoms with Crippen molar-refractivity contribution in [3.63, 3.8) is 0 Å². The van der Waals surface area contributed by atoms with Crippen LogP contribution in [0.3, 0.4) is 0 Å². The summed E-state index contributed by atoms with van der Waals surface area (Å²) in [5.74, 6) is -0.970. The maximum atomic E-state index is 12.6. The van der Waals surface area contributed by atoms with Crippen LogP contribution in [0.4, 0.5) is 0 Å². The molecule has 0 radical (unpaired) electrons. The zero-order valence-electron chi connectivity index (χ0n) is 16.3. The van der Waals surface area contributed by atoms with Crippen molar-refractivity contribution in [3.05, 3.63) is 54.0 Å². The fraction of sp³-hybridized carbons (Fsp3) is 0.368. The summed E-state index contributed by atoms with van der Waals surface area (Å²) >= 11 is 0. The van der Waals surface area contributed by atoms with Crippen LogP contribution in [0.2, 0.25) is 0 Å². The van der Waals surface area contributed by atoms with E-state index in [0.717, 1.165) is 4.31 Å². The summed E-state index contributed by atoms with van der Waals surface area (Å²) in [6.07, 6.45) is 1.38. The molecule has 0 aliphatic heterocycles. The quantitative estimate of drug-likeness (QED) is 0.691. The highest BCUT2D eigenvalue weighted by Crippen LogP contribution is 2.18. The molecule has 0 fully saturated rings. The lowest BCUT2D eigenvalue weighted by Crippen LogP contribution is -2.49. The Morgan fingerprint density at radius 2 is 1.79 bits per heavy atom. The van der Waals surface area contributed by atoms with E-state index >= 15 is 0 Å². The molecule has 1 atom stereocenters. The van der Waals surface area contributed by atoms with Crippen LogP contribution >= 0.6 is 0 Å². The summed E-state index contributed by atoms with van der Waals surface area (Å²) in [6, 6.07) is 8.76. The third-order valence-electron chi connectivity index (χ3n) is 4.17. The van der Waals surface area contributed by atoms with E-state index in [1.165, 1.54) is 32.5 Å². The monoisotopic (exact) mass is 407 g/mol. The van der Waals surface area contributed by atoms with Gasteiger partial charge in [-0.3, -0.25) is 9.59 Å². The molecule has 0 saturated heterocycles. The summed E-state index contributed by atoms with van der Waals surface area (Å²) in [4.78, 5) is 25.0. The Morgan fingerprint density at radius 3 is 2.36 bits per heavy atom. The third kappa shape index (κ3) is 4.99. The number of furan rings is 1. The molecular weight excluding hydrogens is 382 g/mol. The van der Waals surface area contributed by atoms with Crippen LogP contribution in [-0.2, 0) is 21.4 Å². The predicted molar refractivity (Wildman–Crippen MR) is 104 cm³/mol. The van der Waals surface area contributed by atoms with Crippen molar-refractivity contribution < 1.29 is 22.4 Å². The SMILES string of the molecule is CC(C)C(NC(=O)c1ccco1)C(=O)NCc1ccccc1S(=O)(=O)N(C)C. The summed E-state index contributed by atoms with van der Waals surface area (Å²) < 4.78 is 31.1. The molecule has 1 aromatic heterocycles. The van der Waals surface area contributed by atoms with Crippen LogP contribution in [0.25, 0.3) is 0 Å². The normalized spacial score (nSPS) is 12.8. The van der Waals surface area contributed by atoms with E-state index in [4.69, 9.17) is 4.42 Å². The van der Waals surface area contributed by atoms with Crippen LogP contribution in [0.5, 0.6) is 0 Å². The number of sulfonamides is 1. The van der Waals surface area contributed by atoms with Gasteiger partial charge in [-0.15, -0.1) is 0 Å². The van der Waals surface area contributed by atoms with Crippen molar-refractivity contribution in [1.82, 2.24) is 14.9 Å². The minimum absolute atomic E-state index is 0.0158. The molecule has 9 heteroatoms. The highest BCUT2D eigenvalue weighted by Gasteiger charge is 2.26. The van der Waals surface area contributed by atoms with Crippen molar-refractivity contribution in [2.45, 2.75) is 31.3 Å². The first-order chi connectivity index (χ1) is 13.1. The maximum absolute atomic E-state index is 12.6. The molecule has 0 aliphatic carbocycles. The van der Waals surface area contributed by atoms with Crippen LogP contribution in [0.15, 0.2) is 52.0 Å². The summed E-state index contributed by atoms with van der Waals surface area (Å²) in [6.45, 7) is 3.62. The first-order valence-electron chi connectivity index (χ1n) is 8.77. The molecule has 152 valence electrons. The van der Waals surface area contributed by atoms with Gasteiger partial charge < -0.3 is 15.1 Å². The first-order valence-corrected chi connectivity index (χ1v) is 10.2. The molecular formula is C19H25N3O5S. The number of carbonyl (C=O) groups is 2. The van der Waals surface area contributed by atoms with Gasteiger partial charge in [-0.2, -0.15) is 0 Å². The van der Waals surface area contributed by atoms with Crippen molar-refractivity contribution in [2.75, 3.05) is 14.1 Å². The number of hydrogen-bond donors (Lipinski definition) is 2. The Hall–Kier alpha value is -2.65. The highest BCUT2D eigenvalue weighted by atomic mass is 32.2. The number of hydrogen-bond acceptors (Lipinski definition) is 5. The van der Waals surface area contributed by atoms with Crippen molar-refractivity contribution >= 4 is 21.8 Å². The molecule has 0 bridgehead atoms. The summed E-state index contributed by atoms with van der Waals surface area (Å²) in [5, 5.41) is 5.36. The average Bonchev–Trinajstić information content (AvgIpc) is 3.18. The number of amides is 2. The molecule has 1 aromatic carbocycles. The van der Waals surface area contributed by atoms with E-state index in [-0.39, 0.29) is 23.1 Å². The molecule has 2 amide bonds. The van der Waals surface area contributed by atoms with Crippen molar-refractivity contribution in [2.24, 2.45) is 5.92 Å². The number of rotatable bonds is 8. The number of benzene rings is 1. The van der Waals surface area contributed by atoms with Gasteiger partial charge in [-0.05, 0) is 29.7 Å². The second-order valence-corrected chi connectivity index (χ2v) is 8.91. The van der Waals surface area contributed by atoms with E-state index in [9.17, 15) is 18.0 Å². The second kappa shape index (κ2) is 9.03. The van der Waals surface area contributed by atoms with Gasteiger partial charge in [-0.25, -0.2) is 12.7 Å². The number of nitrogens with zero attached hydrogens (tertiary/aromatic N) is 1. The average molecular weight is 407 g/mol. The van der Waals surface area contributed by atoms with Gasteiger partial charge in [0.2, 0.25) is 15.9 Å². The van der Waals surface area contributed by atoms with E-state index < -0.39 is 27.9 Å². The minimum atomic E-state index is -3.64. The van der Waals surface area contributed by atoms with Gasteiger partial charge in [0, 0.05) is 20.6 Å². The van der Waals surface area contributed by atoms with Gasteiger partial charge in [0.25, 0.3) is 5.91 Å². The molecule has 2 aromatic rings. The number of nitrogens with one attached hydrogen (secondary N) is 2. The van der Waals surface area contributed by atoms with Gasteiger partial charge in [-0.1, -0.05) is 32.0 Å². The zero-order chi connectivity index (χ0) is 20.9. The Kier molecular flexibility index (Phi) is 6.98. The van der Waals surface area contributed by atoms with Gasteiger partial charge in [0.1, 0.15) is 6.04 Å². The Morgan fingerprint density at radius 1 is 1.11 bits per heavy atom.